The largest absolute Gasteiger partial charge is 0.486 e. The number of ether oxygens (including phenoxy) is 2. The summed E-state index contributed by atoms with van der Waals surface area (Å²) >= 11 is 0. The molecule has 1 aliphatic rings. The smallest absolute Gasteiger partial charge is 0.250 e. The fourth-order valence-electron chi connectivity index (χ4n) is 2.82. The van der Waals surface area contributed by atoms with Gasteiger partial charge in [0.1, 0.15) is 19.8 Å². The predicted molar refractivity (Wildman–Crippen MR) is 108 cm³/mol. The van der Waals surface area contributed by atoms with Crippen LogP contribution in [0.2, 0.25) is 0 Å². The van der Waals surface area contributed by atoms with Crippen molar-refractivity contribution in [1.29, 1.82) is 0 Å². The topological polar surface area (TPSA) is 128 Å². The van der Waals surface area contributed by atoms with E-state index in [0.717, 1.165) is 4.31 Å². The molecule has 3 rings (SSSR count). The molecule has 0 saturated heterocycles. The van der Waals surface area contributed by atoms with Crippen LogP contribution in [-0.4, -0.2) is 45.7 Å². The summed E-state index contributed by atoms with van der Waals surface area (Å²) in [5.41, 5.74) is 5.93. The Bertz CT molecular complexity index is 1040. The van der Waals surface area contributed by atoms with Gasteiger partial charge in [-0.25, -0.2) is 8.42 Å². The molecule has 3 N–H and O–H groups in total. The van der Waals surface area contributed by atoms with Crippen molar-refractivity contribution in [1.82, 2.24) is 0 Å². The molecule has 9 nitrogen and oxygen atoms in total. The van der Waals surface area contributed by atoms with Gasteiger partial charge >= 0.3 is 0 Å². The highest BCUT2D eigenvalue weighted by atomic mass is 32.2. The van der Waals surface area contributed by atoms with Crippen LogP contribution in [0, 0.1) is 0 Å². The van der Waals surface area contributed by atoms with E-state index in [9.17, 15) is 18.0 Å². The summed E-state index contributed by atoms with van der Waals surface area (Å²) < 4.78 is 37.2. The second-order valence-electron chi connectivity index (χ2n) is 6.19. The summed E-state index contributed by atoms with van der Waals surface area (Å²) in [5, 5.41) is 2.55. The van der Waals surface area contributed by atoms with Gasteiger partial charge in [0.15, 0.2) is 11.5 Å². The number of benzene rings is 2. The van der Waals surface area contributed by atoms with Gasteiger partial charge in [0.25, 0.3) is 5.91 Å². The van der Waals surface area contributed by atoms with E-state index in [1.807, 2.05) is 0 Å². The SMILES string of the molecule is CCS(=O)(=O)N(CC(=O)Nc1ccccc1C(N)=O)c1ccc2c(c1)OCCO2. The van der Waals surface area contributed by atoms with Crippen LogP contribution in [0.5, 0.6) is 11.5 Å². The van der Waals surface area contributed by atoms with E-state index in [4.69, 9.17) is 15.2 Å². The number of para-hydroxylation sites is 1. The first-order valence-corrected chi connectivity index (χ1v) is 10.5. The van der Waals surface area contributed by atoms with E-state index < -0.39 is 28.4 Å². The molecule has 0 fully saturated rings. The lowest BCUT2D eigenvalue weighted by atomic mass is 10.1. The monoisotopic (exact) mass is 419 g/mol. The summed E-state index contributed by atoms with van der Waals surface area (Å²) in [6.45, 7) is 1.76. The van der Waals surface area contributed by atoms with Crippen LogP contribution in [0.15, 0.2) is 42.5 Å². The third-order valence-electron chi connectivity index (χ3n) is 4.27. The number of anilines is 2. The highest BCUT2D eigenvalue weighted by Gasteiger charge is 2.26. The Hall–Kier alpha value is -3.27. The first-order valence-electron chi connectivity index (χ1n) is 8.90. The molecule has 1 aliphatic heterocycles. The zero-order valence-corrected chi connectivity index (χ0v) is 16.6. The first kappa shape index (κ1) is 20.5. The Morgan fingerprint density at radius 1 is 1.10 bits per heavy atom. The van der Waals surface area contributed by atoms with Gasteiger partial charge in [-0.3, -0.25) is 13.9 Å². The van der Waals surface area contributed by atoms with Gasteiger partial charge in [-0.1, -0.05) is 12.1 Å². The van der Waals surface area contributed by atoms with Crippen LogP contribution >= 0.6 is 0 Å². The third kappa shape index (κ3) is 4.60. The zero-order chi connectivity index (χ0) is 21.0. The second-order valence-corrected chi connectivity index (χ2v) is 8.38. The highest BCUT2D eigenvalue weighted by molar-refractivity contribution is 7.92. The number of carbonyl (C=O) groups excluding carboxylic acids is 2. The van der Waals surface area contributed by atoms with Crippen molar-refractivity contribution >= 4 is 33.2 Å². The number of nitrogens with two attached hydrogens (primary N) is 1. The number of nitrogens with zero attached hydrogens (tertiary/aromatic N) is 1. The Kier molecular flexibility index (Phi) is 5.92. The predicted octanol–water partition coefficient (Wildman–Crippen LogP) is 1.35. The van der Waals surface area contributed by atoms with E-state index in [-0.39, 0.29) is 22.7 Å². The van der Waals surface area contributed by atoms with Gasteiger partial charge in [0, 0.05) is 6.07 Å². The molecule has 0 aliphatic carbocycles. The maximum Gasteiger partial charge on any atom is 0.250 e. The van der Waals surface area contributed by atoms with Gasteiger partial charge in [-0.05, 0) is 31.2 Å². The number of hydrogen-bond acceptors (Lipinski definition) is 6. The maximum atomic E-state index is 12.6. The molecule has 1 heterocycles. The Labute approximate surface area is 168 Å². The molecule has 0 radical (unpaired) electrons. The van der Waals surface area contributed by atoms with E-state index in [0.29, 0.717) is 24.7 Å². The van der Waals surface area contributed by atoms with Gasteiger partial charge in [0.2, 0.25) is 15.9 Å². The molecule has 154 valence electrons. The molecule has 0 atom stereocenters. The van der Waals surface area contributed by atoms with Crippen molar-refractivity contribution in [3.05, 3.63) is 48.0 Å². The van der Waals surface area contributed by atoms with Crippen molar-refractivity contribution in [2.24, 2.45) is 5.73 Å². The van der Waals surface area contributed by atoms with Gasteiger partial charge in [0.05, 0.1) is 22.7 Å². The van der Waals surface area contributed by atoms with E-state index in [1.54, 1.807) is 24.3 Å². The van der Waals surface area contributed by atoms with Gasteiger partial charge < -0.3 is 20.5 Å². The standard InChI is InChI=1S/C19H21N3O6S/c1-2-29(25,26)22(13-7-8-16-17(11-13)28-10-9-27-16)12-18(23)21-15-6-4-3-5-14(15)19(20)24/h3-8,11H,2,9-10,12H2,1H3,(H2,20,24)(H,21,23). The number of nitrogens with one attached hydrogen (secondary N) is 1. The minimum atomic E-state index is -3.77. The molecule has 2 aromatic carbocycles. The van der Waals surface area contributed by atoms with Gasteiger partial charge in [-0.15, -0.1) is 0 Å². The fourth-order valence-corrected chi connectivity index (χ4v) is 3.88. The number of fused-ring (bicyclic) bond motifs is 1. The molecular formula is C19H21N3O6S. The maximum absolute atomic E-state index is 12.6. The first-order chi connectivity index (χ1) is 13.8. The summed E-state index contributed by atoms with van der Waals surface area (Å²) in [6, 6.07) is 10.9. The lowest BCUT2D eigenvalue weighted by molar-refractivity contribution is -0.114. The normalized spacial score (nSPS) is 12.9. The number of sulfonamides is 1. The molecule has 0 bridgehead atoms. The van der Waals surface area contributed by atoms with E-state index >= 15 is 0 Å². The van der Waals surface area contributed by atoms with Crippen molar-refractivity contribution in [3.8, 4) is 11.5 Å². The number of rotatable bonds is 7. The molecule has 2 aromatic rings. The zero-order valence-electron chi connectivity index (χ0n) is 15.8. The number of carbonyl (C=O) groups is 2. The molecule has 10 heteroatoms. The Morgan fingerprint density at radius 3 is 2.48 bits per heavy atom. The number of amides is 2. The Morgan fingerprint density at radius 2 is 1.79 bits per heavy atom. The van der Waals surface area contributed by atoms with Crippen molar-refractivity contribution in [2.75, 3.05) is 35.1 Å². The van der Waals surface area contributed by atoms with Crippen LogP contribution in [-0.2, 0) is 14.8 Å². The quantitative estimate of drug-likeness (QED) is 0.697. The van der Waals surface area contributed by atoms with Crippen LogP contribution in [0.1, 0.15) is 17.3 Å². The summed E-state index contributed by atoms with van der Waals surface area (Å²) in [5.74, 6) is -0.610. The average molecular weight is 419 g/mol. The number of hydrogen-bond donors (Lipinski definition) is 2. The van der Waals surface area contributed by atoms with Crippen molar-refractivity contribution < 1.29 is 27.5 Å². The summed E-state index contributed by atoms with van der Waals surface area (Å²) in [7, 11) is -3.77. The Balaban J connectivity index is 1.87. The third-order valence-corrected chi connectivity index (χ3v) is 6.01. The molecule has 2 amide bonds. The van der Waals surface area contributed by atoms with Crippen LogP contribution in [0.4, 0.5) is 11.4 Å². The summed E-state index contributed by atoms with van der Waals surface area (Å²) in [4.78, 5) is 24.1. The van der Waals surface area contributed by atoms with E-state index in [2.05, 4.69) is 5.32 Å². The molecule has 0 spiro atoms. The molecule has 0 saturated carbocycles. The lowest BCUT2D eigenvalue weighted by Crippen LogP contribution is -2.39. The number of primary amides is 1. The highest BCUT2D eigenvalue weighted by Crippen LogP contribution is 2.34. The fraction of sp³-hybridized carbons (Fsp3) is 0.263. The minimum Gasteiger partial charge on any atom is -0.486 e. The summed E-state index contributed by atoms with van der Waals surface area (Å²) in [6.07, 6.45) is 0. The second kappa shape index (κ2) is 8.39. The minimum absolute atomic E-state index is 0.130. The van der Waals surface area contributed by atoms with Gasteiger partial charge in [-0.2, -0.15) is 0 Å². The lowest BCUT2D eigenvalue weighted by Gasteiger charge is -2.25. The van der Waals surface area contributed by atoms with Crippen molar-refractivity contribution in [3.63, 3.8) is 0 Å². The van der Waals surface area contributed by atoms with E-state index in [1.165, 1.54) is 25.1 Å². The van der Waals surface area contributed by atoms with Crippen LogP contribution < -0.4 is 24.8 Å². The van der Waals surface area contributed by atoms with Crippen molar-refractivity contribution in [2.45, 2.75) is 6.92 Å². The van der Waals surface area contributed by atoms with Crippen LogP contribution in [0.25, 0.3) is 0 Å². The van der Waals surface area contributed by atoms with Crippen LogP contribution in [0.3, 0.4) is 0 Å². The molecule has 0 unspecified atom stereocenters. The molecule has 0 aromatic heterocycles. The average Bonchev–Trinajstić information content (AvgIpc) is 2.71. The molecule has 29 heavy (non-hydrogen) atoms. The molecular weight excluding hydrogens is 398 g/mol.